The van der Waals surface area contributed by atoms with Crippen molar-refractivity contribution < 1.29 is 39.8 Å². The topological polar surface area (TPSA) is 149 Å². The number of amides is 1. The third-order valence-corrected chi connectivity index (χ3v) is 11.3. The zero-order chi connectivity index (χ0) is 40.9. The first-order chi connectivity index (χ1) is 27.3. The van der Waals surface area contributed by atoms with E-state index in [1.807, 2.05) is 6.08 Å². The Morgan fingerprint density at radius 2 is 1.02 bits per heavy atom. The Balaban J connectivity index is 2.27. The fourth-order valence-electron chi connectivity index (χ4n) is 7.47. The largest absolute Gasteiger partial charge is 0.394 e. The second-order valence-corrected chi connectivity index (χ2v) is 16.5. The maximum atomic E-state index is 12.9. The summed E-state index contributed by atoms with van der Waals surface area (Å²) in [6.45, 7) is 3.74. The molecule has 56 heavy (non-hydrogen) atoms. The van der Waals surface area contributed by atoms with Crippen molar-refractivity contribution in [3.63, 3.8) is 0 Å². The van der Waals surface area contributed by atoms with Crippen LogP contribution in [0, 0.1) is 0 Å². The Hall–Kier alpha value is -1.33. The van der Waals surface area contributed by atoms with E-state index in [-0.39, 0.29) is 12.5 Å². The number of ether oxygens (including phenoxy) is 2. The van der Waals surface area contributed by atoms with Gasteiger partial charge in [0, 0.05) is 6.42 Å². The minimum Gasteiger partial charge on any atom is -0.394 e. The Kier molecular flexibility index (Phi) is 35.7. The summed E-state index contributed by atoms with van der Waals surface area (Å²) in [5.74, 6) is -0.185. The van der Waals surface area contributed by atoms with Crippen molar-refractivity contribution in [3.8, 4) is 0 Å². The molecule has 1 aliphatic heterocycles. The fourth-order valence-corrected chi connectivity index (χ4v) is 7.47. The molecule has 7 unspecified atom stereocenters. The van der Waals surface area contributed by atoms with E-state index in [2.05, 4.69) is 31.3 Å². The molecule has 7 atom stereocenters. The van der Waals surface area contributed by atoms with Crippen LogP contribution in [0.2, 0.25) is 0 Å². The van der Waals surface area contributed by atoms with Crippen molar-refractivity contribution >= 4 is 5.91 Å². The van der Waals surface area contributed by atoms with Crippen molar-refractivity contribution in [2.24, 2.45) is 0 Å². The zero-order valence-corrected chi connectivity index (χ0v) is 36.1. The van der Waals surface area contributed by atoms with Gasteiger partial charge in [-0.1, -0.05) is 199 Å². The SMILES string of the molecule is CCCCCCC/C=C/CC/C=C/C(O)C(COC1OC(CO)C(O)C(O)C1O)NC(=O)CCCCCCCCCCCCCCCCCCCCCCCC. The van der Waals surface area contributed by atoms with Gasteiger partial charge in [-0.15, -0.1) is 0 Å². The molecule has 0 spiro atoms. The van der Waals surface area contributed by atoms with Crippen molar-refractivity contribution in [2.75, 3.05) is 13.2 Å². The van der Waals surface area contributed by atoms with E-state index in [1.165, 1.54) is 154 Å². The van der Waals surface area contributed by atoms with Crippen molar-refractivity contribution in [2.45, 2.75) is 256 Å². The molecule has 1 fully saturated rings. The minimum absolute atomic E-state index is 0.185. The van der Waals surface area contributed by atoms with Crippen LogP contribution in [0.1, 0.15) is 213 Å². The lowest BCUT2D eigenvalue weighted by molar-refractivity contribution is -0.302. The highest BCUT2D eigenvalue weighted by molar-refractivity contribution is 5.76. The fraction of sp³-hybridized carbons (Fsp3) is 0.894. The monoisotopic (exact) mass is 796 g/mol. The predicted molar refractivity (Wildman–Crippen MR) is 230 cm³/mol. The molecule has 0 aromatic heterocycles. The van der Waals surface area contributed by atoms with Gasteiger partial charge in [-0.25, -0.2) is 0 Å². The van der Waals surface area contributed by atoms with Gasteiger partial charge in [-0.05, 0) is 32.1 Å². The molecule has 0 aromatic carbocycles. The van der Waals surface area contributed by atoms with Gasteiger partial charge in [-0.2, -0.15) is 0 Å². The number of carbonyl (C=O) groups is 1. The number of unbranched alkanes of at least 4 members (excludes halogenated alkanes) is 27. The second-order valence-electron chi connectivity index (χ2n) is 16.5. The summed E-state index contributed by atoms with van der Waals surface area (Å²) in [6.07, 6.45) is 38.1. The molecule has 1 heterocycles. The average Bonchev–Trinajstić information content (AvgIpc) is 3.20. The lowest BCUT2D eigenvalue weighted by atomic mass is 9.99. The zero-order valence-electron chi connectivity index (χ0n) is 36.1. The summed E-state index contributed by atoms with van der Waals surface area (Å²) < 4.78 is 11.2. The second kappa shape index (κ2) is 37.9. The first kappa shape index (κ1) is 52.7. The minimum atomic E-state index is -1.57. The van der Waals surface area contributed by atoms with Gasteiger partial charge in [0.2, 0.25) is 5.91 Å². The van der Waals surface area contributed by atoms with E-state index >= 15 is 0 Å². The summed E-state index contributed by atoms with van der Waals surface area (Å²) in [7, 11) is 0. The smallest absolute Gasteiger partial charge is 0.220 e. The molecule has 1 amide bonds. The van der Waals surface area contributed by atoms with E-state index in [1.54, 1.807) is 6.08 Å². The normalized spacial score (nSPS) is 21.3. The van der Waals surface area contributed by atoms with E-state index in [0.717, 1.165) is 38.5 Å². The number of rotatable bonds is 39. The molecule has 330 valence electrons. The first-order valence-corrected chi connectivity index (χ1v) is 23.6. The number of nitrogens with one attached hydrogen (secondary N) is 1. The van der Waals surface area contributed by atoms with E-state index in [0.29, 0.717) is 6.42 Å². The summed E-state index contributed by atoms with van der Waals surface area (Å²) in [5, 5.41) is 54.1. The molecular formula is C47H89NO8. The lowest BCUT2D eigenvalue weighted by Crippen LogP contribution is -2.60. The van der Waals surface area contributed by atoms with Crippen LogP contribution in [-0.4, -0.2) is 87.5 Å². The molecule has 0 radical (unpaired) electrons. The molecule has 6 N–H and O–H groups in total. The molecular weight excluding hydrogens is 707 g/mol. The number of allylic oxidation sites excluding steroid dienone is 3. The third kappa shape index (κ3) is 28.2. The Morgan fingerprint density at radius 1 is 0.589 bits per heavy atom. The van der Waals surface area contributed by atoms with Crippen LogP contribution in [0.5, 0.6) is 0 Å². The molecule has 1 saturated heterocycles. The van der Waals surface area contributed by atoms with Gasteiger partial charge < -0.3 is 40.3 Å². The van der Waals surface area contributed by atoms with Crippen LogP contribution >= 0.6 is 0 Å². The van der Waals surface area contributed by atoms with Crippen LogP contribution in [0.3, 0.4) is 0 Å². The first-order valence-electron chi connectivity index (χ1n) is 23.6. The summed E-state index contributed by atoms with van der Waals surface area (Å²) >= 11 is 0. The summed E-state index contributed by atoms with van der Waals surface area (Å²) in [6, 6.07) is -0.815. The summed E-state index contributed by atoms with van der Waals surface area (Å²) in [4.78, 5) is 12.9. The number of carbonyl (C=O) groups excluding carboxylic acids is 1. The van der Waals surface area contributed by atoms with Crippen LogP contribution < -0.4 is 5.32 Å². The highest BCUT2D eigenvalue weighted by Gasteiger charge is 2.44. The van der Waals surface area contributed by atoms with Gasteiger partial charge in [0.25, 0.3) is 0 Å². The number of hydrogen-bond acceptors (Lipinski definition) is 8. The lowest BCUT2D eigenvalue weighted by Gasteiger charge is -2.40. The van der Waals surface area contributed by atoms with Gasteiger partial charge >= 0.3 is 0 Å². The standard InChI is InChI=1S/C47H89NO8/c1-3-5-7-9-11-13-15-16-17-18-19-20-21-22-23-24-25-27-29-31-33-35-37-43(51)48-40(39-55-47-46(54)45(53)44(52)42(38-49)56-47)41(50)36-34-32-30-28-26-14-12-10-8-6-4-2/h26,28,34,36,40-42,44-47,49-50,52-54H,3-25,27,29-33,35,37-39H2,1-2H3,(H,48,51)/b28-26+,36-34+. The highest BCUT2D eigenvalue weighted by Crippen LogP contribution is 2.23. The Bertz CT molecular complexity index is 930. The number of aliphatic hydroxyl groups excluding tert-OH is 5. The van der Waals surface area contributed by atoms with Gasteiger partial charge in [-0.3, -0.25) is 4.79 Å². The average molecular weight is 796 g/mol. The van der Waals surface area contributed by atoms with Crippen LogP contribution in [0.25, 0.3) is 0 Å². The van der Waals surface area contributed by atoms with Crippen LogP contribution in [-0.2, 0) is 14.3 Å². The molecule has 0 bridgehead atoms. The Labute approximate surface area is 343 Å². The maximum absolute atomic E-state index is 12.9. The van der Waals surface area contributed by atoms with Crippen molar-refractivity contribution in [1.82, 2.24) is 5.32 Å². The quantitative estimate of drug-likeness (QED) is 0.0266. The molecule has 0 aromatic rings. The van der Waals surface area contributed by atoms with E-state index in [9.17, 15) is 30.3 Å². The molecule has 1 aliphatic rings. The van der Waals surface area contributed by atoms with Crippen molar-refractivity contribution in [3.05, 3.63) is 24.3 Å². The van der Waals surface area contributed by atoms with Gasteiger partial charge in [0.15, 0.2) is 6.29 Å². The van der Waals surface area contributed by atoms with Crippen LogP contribution in [0.15, 0.2) is 24.3 Å². The maximum Gasteiger partial charge on any atom is 0.220 e. The predicted octanol–water partition coefficient (Wildman–Crippen LogP) is 9.89. The van der Waals surface area contributed by atoms with Gasteiger partial charge in [0.1, 0.15) is 24.4 Å². The molecule has 9 nitrogen and oxygen atoms in total. The summed E-state index contributed by atoms with van der Waals surface area (Å²) in [5.41, 5.74) is 0. The van der Waals surface area contributed by atoms with E-state index in [4.69, 9.17) is 9.47 Å². The Morgan fingerprint density at radius 3 is 1.50 bits per heavy atom. The highest BCUT2D eigenvalue weighted by atomic mass is 16.7. The number of aliphatic hydroxyl groups is 5. The third-order valence-electron chi connectivity index (χ3n) is 11.3. The van der Waals surface area contributed by atoms with Gasteiger partial charge in [0.05, 0.1) is 25.4 Å². The number of hydrogen-bond donors (Lipinski definition) is 6. The molecule has 1 rings (SSSR count). The molecule has 0 aliphatic carbocycles. The molecule has 9 heteroatoms. The molecule has 0 saturated carbocycles. The van der Waals surface area contributed by atoms with Crippen molar-refractivity contribution in [1.29, 1.82) is 0 Å². The van der Waals surface area contributed by atoms with Crippen LogP contribution in [0.4, 0.5) is 0 Å². The van der Waals surface area contributed by atoms with E-state index < -0.39 is 49.5 Å².